The molecule has 38 heavy (non-hydrogen) atoms. The summed E-state index contributed by atoms with van der Waals surface area (Å²) >= 11 is 1.36. The number of thioether (sulfide) groups is 1. The molecule has 0 fully saturated rings. The molecule has 8 heteroatoms. The molecule has 0 heterocycles. The van der Waals surface area contributed by atoms with E-state index in [9.17, 15) is 19.5 Å². The summed E-state index contributed by atoms with van der Waals surface area (Å²) in [4.78, 5) is 38.3. The highest BCUT2D eigenvalue weighted by Gasteiger charge is 2.23. The van der Waals surface area contributed by atoms with Crippen LogP contribution in [0.5, 0.6) is 5.75 Å². The molecule has 4 aromatic carbocycles. The summed E-state index contributed by atoms with van der Waals surface area (Å²) in [5, 5.41) is 14.5. The molecule has 2 amide bonds. The van der Waals surface area contributed by atoms with E-state index < -0.39 is 11.2 Å². The summed E-state index contributed by atoms with van der Waals surface area (Å²) in [5.41, 5.74) is 3.21. The van der Waals surface area contributed by atoms with Gasteiger partial charge in [0.2, 0.25) is 5.91 Å². The molecule has 7 nitrogen and oxygen atoms in total. The highest BCUT2D eigenvalue weighted by atomic mass is 32.2. The number of anilines is 2. The number of nitrogens with one attached hydrogen (secondary N) is 2. The maximum Gasteiger partial charge on any atom is 0.335 e. The van der Waals surface area contributed by atoms with Crippen LogP contribution in [0.25, 0.3) is 0 Å². The molecule has 0 aliphatic carbocycles. The van der Waals surface area contributed by atoms with Gasteiger partial charge in [-0.2, -0.15) is 0 Å². The Kier molecular flexibility index (Phi) is 8.45. The lowest BCUT2D eigenvalue weighted by Gasteiger charge is -2.18. The van der Waals surface area contributed by atoms with E-state index in [1.807, 2.05) is 49.4 Å². The van der Waals surface area contributed by atoms with Crippen molar-refractivity contribution in [2.75, 3.05) is 17.7 Å². The summed E-state index contributed by atoms with van der Waals surface area (Å²) in [6.07, 6.45) is 0. The summed E-state index contributed by atoms with van der Waals surface area (Å²) in [6.45, 7) is 1.81. The van der Waals surface area contributed by atoms with Crippen LogP contribution in [0, 0.1) is 6.92 Å². The summed E-state index contributed by atoms with van der Waals surface area (Å²) in [6, 6.07) is 28.1. The van der Waals surface area contributed by atoms with Gasteiger partial charge in [0.25, 0.3) is 5.91 Å². The van der Waals surface area contributed by atoms with E-state index in [1.54, 1.807) is 49.6 Å². The van der Waals surface area contributed by atoms with Crippen molar-refractivity contribution in [3.8, 4) is 5.75 Å². The van der Waals surface area contributed by atoms with E-state index in [-0.39, 0.29) is 17.4 Å². The molecule has 0 radical (unpaired) electrons. The minimum Gasteiger partial charge on any atom is -0.497 e. The summed E-state index contributed by atoms with van der Waals surface area (Å²) in [5.74, 6) is -1.00. The minimum atomic E-state index is -1.06. The number of benzene rings is 4. The number of rotatable bonds is 9. The molecule has 192 valence electrons. The molecule has 0 aliphatic rings. The fourth-order valence-electron chi connectivity index (χ4n) is 3.71. The molecule has 4 rings (SSSR count). The molecule has 0 saturated carbocycles. The standard InChI is InChI=1S/C30H26N2O5S/c1-19-11-12-22(30(35)36)18-26(19)32-29(34)27(20-7-4-3-5-8-20)38-25-15-13-23(14-16-25)31-28(33)21-9-6-10-24(17-21)37-2/h3-18,27H,1-2H3,(H,31,33)(H,32,34)(H,35,36). The second-order valence-corrected chi connectivity index (χ2v) is 9.62. The number of aromatic carboxylic acids is 1. The average molecular weight is 527 g/mol. The Morgan fingerprint density at radius 2 is 1.55 bits per heavy atom. The van der Waals surface area contributed by atoms with E-state index in [4.69, 9.17) is 4.74 Å². The van der Waals surface area contributed by atoms with Crippen molar-refractivity contribution in [3.05, 3.63) is 119 Å². The predicted octanol–water partition coefficient (Wildman–Crippen LogP) is 6.43. The third kappa shape index (κ3) is 6.60. The Morgan fingerprint density at radius 3 is 2.24 bits per heavy atom. The van der Waals surface area contributed by atoms with Crippen LogP contribution in [0.1, 0.15) is 37.1 Å². The number of carboxylic acid groups (broad SMARTS) is 1. The quantitative estimate of drug-likeness (QED) is 0.217. The third-order valence-electron chi connectivity index (χ3n) is 5.78. The lowest BCUT2D eigenvalue weighted by atomic mass is 10.1. The monoisotopic (exact) mass is 526 g/mol. The van der Waals surface area contributed by atoms with Gasteiger partial charge in [0.05, 0.1) is 12.7 Å². The van der Waals surface area contributed by atoms with Crippen molar-refractivity contribution < 1.29 is 24.2 Å². The fraction of sp³-hybridized carbons (Fsp3) is 0.100. The van der Waals surface area contributed by atoms with Crippen molar-refractivity contribution in [2.45, 2.75) is 17.1 Å². The number of carboxylic acids is 1. The number of methoxy groups -OCH3 is 1. The van der Waals surface area contributed by atoms with Gasteiger partial charge in [-0.15, -0.1) is 11.8 Å². The van der Waals surface area contributed by atoms with Crippen molar-refractivity contribution in [3.63, 3.8) is 0 Å². The zero-order valence-corrected chi connectivity index (χ0v) is 21.6. The number of amides is 2. The first-order chi connectivity index (χ1) is 18.3. The number of hydrogen-bond donors (Lipinski definition) is 3. The second-order valence-electron chi connectivity index (χ2n) is 8.44. The van der Waals surface area contributed by atoms with E-state index >= 15 is 0 Å². The van der Waals surface area contributed by atoms with Gasteiger partial charge in [-0.3, -0.25) is 9.59 Å². The summed E-state index contributed by atoms with van der Waals surface area (Å²) < 4.78 is 5.18. The fourth-order valence-corrected chi connectivity index (χ4v) is 4.73. The zero-order valence-electron chi connectivity index (χ0n) is 20.8. The molecule has 0 spiro atoms. The van der Waals surface area contributed by atoms with Crippen molar-refractivity contribution in [1.82, 2.24) is 0 Å². The normalized spacial score (nSPS) is 11.3. The van der Waals surface area contributed by atoms with Crippen LogP contribution < -0.4 is 15.4 Å². The smallest absolute Gasteiger partial charge is 0.335 e. The Labute approximate surface area is 224 Å². The van der Waals surface area contributed by atoms with Gasteiger partial charge in [0, 0.05) is 21.8 Å². The van der Waals surface area contributed by atoms with E-state index in [2.05, 4.69) is 10.6 Å². The SMILES string of the molecule is COc1cccc(C(=O)Nc2ccc(SC(C(=O)Nc3cc(C(=O)O)ccc3C)c3ccccc3)cc2)c1. The molecule has 1 unspecified atom stereocenters. The largest absolute Gasteiger partial charge is 0.497 e. The molecular weight excluding hydrogens is 500 g/mol. The van der Waals surface area contributed by atoms with Crippen molar-refractivity contribution >= 4 is 40.9 Å². The van der Waals surface area contributed by atoms with E-state index in [0.29, 0.717) is 22.7 Å². The number of carbonyl (C=O) groups excluding carboxylic acids is 2. The van der Waals surface area contributed by atoms with Crippen LogP contribution in [-0.4, -0.2) is 30.0 Å². The maximum absolute atomic E-state index is 13.4. The van der Waals surface area contributed by atoms with Crippen molar-refractivity contribution in [2.24, 2.45) is 0 Å². The highest BCUT2D eigenvalue weighted by Crippen LogP contribution is 2.37. The lowest BCUT2D eigenvalue weighted by molar-refractivity contribution is -0.115. The second kappa shape index (κ2) is 12.1. The highest BCUT2D eigenvalue weighted by molar-refractivity contribution is 8.00. The van der Waals surface area contributed by atoms with Gasteiger partial charge in [0.1, 0.15) is 11.0 Å². The topological polar surface area (TPSA) is 105 Å². The minimum absolute atomic E-state index is 0.0985. The molecule has 0 bridgehead atoms. The lowest BCUT2D eigenvalue weighted by Crippen LogP contribution is -2.20. The molecule has 4 aromatic rings. The first-order valence-electron chi connectivity index (χ1n) is 11.8. The summed E-state index contributed by atoms with van der Waals surface area (Å²) in [7, 11) is 1.55. The van der Waals surface area contributed by atoms with Gasteiger partial charge < -0.3 is 20.5 Å². The Balaban J connectivity index is 1.51. The number of carbonyl (C=O) groups is 3. The number of ether oxygens (including phenoxy) is 1. The maximum atomic E-state index is 13.4. The van der Waals surface area contributed by atoms with Crippen molar-refractivity contribution in [1.29, 1.82) is 0 Å². The Hall–Kier alpha value is -4.56. The molecular formula is C30H26N2O5S. The van der Waals surface area contributed by atoms with Crippen LogP contribution >= 0.6 is 11.8 Å². The predicted molar refractivity (Wildman–Crippen MR) is 149 cm³/mol. The van der Waals surface area contributed by atoms with Crippen LogP contribution in [0.2, 0.25) is 0 Å². The van der Waals surface area contributed by atoms with Gasteiger partial charge >= 0.3 is 5.97 Å². The molecule has 0 aromatic heterocycles. The van der Waals surface area contributed by atoms with Crippen LogP contribution in [0.15, 0.2) is 102 Å². The van der Waals surface area contributed by atoms with Crippen LogP contribution in [-0.2, 0) is 4.79 Å². The first kappa shape index (κ1) is 26.5. The number of aryl methyl sites for hydroxylation is 1. The van der Waals surface area contributed by atoms with E-state index in [1.165, 1.54) is 23.9 Å². The Morgan fingerprint density at radius 1 is 0.816 bits per heavy atom. The Bertz CT molecular complexity index is 1460. The molecule has 3 N–H and O–H groups in total. The average Bonchev–Trinajstić information content (AvgIpc) is 2.94. The van der Waals surface area contributed by atoms with Gasteiger partial charge in [-0.1, -0.05) is 42.5 Å². The van der Waals surface area contributed by atoms with Gasteiger partial charge in [-0.05, 0) is 72.6 Å². The van der Waals surface area contributed by atoms with E-state index in [0.717, 1.165) is 16.0 Å². The van der Waals surface area contributed by atoms with Crippen LogP contribution in [0.3, 0.4) is 0 Å². The number of hydrogen-bond acceptors (Lipinski definition) is 5. The third-order valence-corrected chi connectivity index (χ3v) is 7.05. The molecule has 0 saturated heterocycles. The molecule has 1 atom stereocenters. The zero-order chi connectivity index (χ0) is 27.1. The van der Waals surface area contributed by atoms with Gasteiger partial charge in [-0.25, -0.2) is 4.79 Å². The first-order valence-corrected chi connectivity index (χ1v) is 12.6. The molecule has 0 aliphatic heterocycles. The van der Waals surface area contributed by atoms with Gasteiger partial charge in [0.15, 0.2) is 0 Å². The van der Waals surface area contributed by atoms with Crippen LogP contribution in [0.4, 0.5) is 11.4 Å².